The van der Waals surface area contributed by atoms with Crippen molar-refractivity contribution in [2.75, 3.05) is 24.3 Å². The highest BCUT2D eigenvalue weighted by Crippen LogP contribution is 2.21. The van der Waals surface area contributed by atoms with Crippen molar-refractivity contribution in [3.05, 3.63) is 0 Å². The molecule has 1 saturated heterocycles. The first kappa shape index (κ1) is 15.3. The highest BCUT2D eigenvalue weighted by molar-refractivity contribution is 8.00. The van der Waals surface area contributed by atoms with Gasteiger partial charge >= 0.3 is 5.97 Å². The lowest BCUT2D eigenvalue weighted by atomic mass is 10.2. The van der Waals surface area contributed by atoms with Gasteiger partial charge in [0.15, 0.2) is 9.84 Å². The minimum absolute atomic E-state index is 0.272. The van der Waals surface area contributed by atoms with Gasteiger partial charge in [0.1, 0.15) is 5.37 Å². The third-order valence-electron chi connectivity index (χ3n) is 2.57. The van der Waals surface area contributed by atoms with Crippen LogP contribution >= 0.6 is 11.8 Å². The van der Waals surface area contributed by atoms with E-state index >= 15 is 0 Å². The fourth-order valence-corrected chi connectivity index (χ4v) is 4.50. The Kier molecular flexibility index (Phi) is 5.00. The average molecular weight is 296 g/mol. The van der Waals surface area contributed by atoms with Gasteiger partial charge in [0.05, 0.1) is 12.5 Å². The van der Waals surface area contributed by atoms with Crippen molar-refractivity contribution in [2.24, 2.45) is 5.73 Å². The minimum atomic E-state index is -3.40. The maximum absolute atomic E-state index is 12.0. The van der Waals surface area contributed by atoms with Crippen LogP contribution in [0.1, 0.15) is 6.42 Å². The molecule has 2 unspecified atom stereocenters. The summed E-state index contributed by atoms with van der Waals surface area (Å²) in [6, 6.07) is -1.20. The van der Waals surface area contributed by atoms with E-state index in [1.165, 1.54) is 16.7 Å². The molecule has 2 atom stereocenters. The van der Waals surface area contributed by atoms with E-state index in [0.717, 1.165) is 6.26 Å². The van der Waals surface area contributed by atoms with Crippen molar-refractivity contribution < 1.29 is 23.1 Å². The van der Waals surface area contributed by atoms with Gasteiger partial charge in [-0.25, -0.2) is 8.42 Å². The number of carboxylic acids is 1. The second-order valence-electron chi connectivity index (χ2n) is 4.10. The lowest BCUT2D eigenvalue weighted by Gasteiger charge is -2.35. The average Bonchev–Trinajstić information content (AvgIpc) is 2.26. The molecule has 0 aromatic heterocycles. The van der Waals surface area contributed by atoms with Crippen LogP contribution in [0, 0.1) is 0 Å². The van der Waals surface area contributed by atoms with Crippen LogP contribution < -0.4 is 5.73 Å². The molecule has 1 heterocycles. The second kappa shape index (κ2) is 5.89. The van der Waals surface area contributed by atoms with E-state index in [1.54, 1.807) is 0 Å². The van der Waals surface area contributed by atoms with Crippen LogP contribution in [-0.2, 0) is 19.4 Å². The summed E-state index contributed by atoms with van der Waals surface area (Å²) in [5, 5.41) is 7.67. The molecule has 1 aliphatic heterocycles. The first-order chi connectivity index (χ1) is 8.23. The number of nitrogens with zero attached hydrogens (tertiary/aromatic N) is 1. The van der Waals surface area contributed by atoms with Gasteiger partial charge < -0.3 is 15.7 Å². The number of carbonyl (C=O) groups excluding carboxylic acids is 1. The normalized spacial score (nSPS) is 22.6. The maximum Gasteiger partial charge on any atom is 0.305 e. The third-order valence-corrected chi connectivity index (χ3v) is 5.22. The lowest BCUT2D eigenvalue weighted by Crippen LogP contribution is -2.55. The van der Waals surface area contributed by atoms with Crippen molar-refractivity contribution >= 4 is 33.5 Å². The number of amides is 1. The van der Waals surface area contributed by atoms with E-state index in [4.69, 9.17) is 10.8 Å². The summed E-state index contributed by atoms with van der Waals surface area (Å²) in [5.74, 6) is -0.881. The molecule has 0 aromatic rings. The molecule has 0 spiro atoms. The highest BCUT2D eigenvalue weighted by Gasteiger charge is 2.36. The largest absolute Gasteiger partial charge is 0.481 e. The van der Waals surface area contributed by atoms with E-state index in [9.17, 15) is 18.0 Å². The van der Waals surface area contributed by atoms with Gasteiger partial charge in [-0.2, -0.15) is 11.8 Å². The Labute approximate surface area is 110 Å². The quantitative estimate of drug-likeness (QED) is 0.664. The van der Waals surface area contributed by atoms with Crippen LogP contribution in [0.25, 0.3) is 0 Å². The molecule has 0 saturated carbocycles. The fraction of sp³-hybridized carbons (Fsp3) is 0.778. The van der Waals surface area contributed by atoms with Crippen LogP contribution in [0.2, 0.25) is 0 Å². The number of sulfone groups is 1. The fourth-order valence-electron chi connectivity index (χ4n) is 1.68. The van der Waals surface area contributed by atoms with Gasteiger partial charge in [0, 0.05) is 24.3 Å². The Bertz CT molecular complexity index is 436. The highest BCUT2D eigenvalue weighted by atomic mass is 32.2. The number of nitrogens with two attached hydrogens (primary N) is 1. The molecule has 18 heavy (non-hydrogen) atoms. The van der Waals surface area contributed by atoms with Crippen LogP contribution in [0.4, 0.5) is 0 Å². The molecule has 0 aliphatic carbocycles. The predicted molar refractivity (Wildman–Crippen MR) is 67.9 cm³/mol. The van der Waals surface area contributed by atoms with Crippen LogP contribution in [0.5, 0.6) is 0 Å². The number of thioether (sulfide) groups is 1. The van der Waals surface area contributed by atoms with E-state index in [2.05, 4.69) is 0 Å². The summed E-state index contributed by atoms with van der Waals surface area (Å²) in [6.45, 7) is 0.272. The molecule has 1 fully saturated rings. The monoisotopic (exact) mass is 296 g/mol. The molecule has 104 valence electrons. The molecule has 1 aliphatic rings. The summed E-state index contributed by atoms with van der Waals surface area (Å²) >= 11 is 1.45. The van der Waals surface area contributed by atoms with Crippen LogP contribution in [0.3, 0.4) is 0 Å². The van der Waals surface area contributed by atoms with Crippen LogP contribution in [-0.4, -0.2) is 66.0 Å². The lowest BCUT2D eigenvalue weighted by molar-refractivity contribution is -0.142. The molecular formula is C9H16N2O5S2. The van der Waals surface area contributed by atoms with Crippen molar-refractivity contribution in [2.45, 2.75) is 17.8 Å². The Morgan fingerprint density at radius 1 is 1.56 bits per heavy atom. The van der Waals surface area contributed by atoms with Gasteiger partial charge in [-0.1, -0.05) is 0 Å². The number of hydrogen-bond acceptors (Lipinski definition) is 6. The summed E-state index contributed by atoms with van der Waals surface area (Å²) < 4.78 is 23.2. The van der Waals surface area contributed by atoms with E-state index in [-0.39, 0.29) is 6.54 Å². The number of carboxylic acid groups (broad SMARTS) is 1. The predicted octanol–water partition coefficient (Wildman–Crippen LogP) is -1.27. The smallest absolute Gasteiger partial charge is 0.305 e. The van der Waals surface area contributed by atoms with Crippen molar-refractivity contribution in [3.8, 4) is 0 Å². The second-order valence-corrected chi connectivity index (χ2v) is 7.45. The zero-order valence-corrected chi connectivity index (χ0v) is 11.5. The Hall–Kier alpha value is -0.800. The summed E-state index contributed by atoms with van der Waals surface area (Å²) in [6.07, 6.45) is 0.561. The third kappa shape index (κ3) is 3.85. The zero-order valence-electron chi connectivity index (χ0n) is 9.90. The van der Waals surface area contributed by atoms with Gasteiger partial charge in [0.2, 0.25) is 5.91 Å². The van der Waals surface area contributed by atoms with Crippen LogP contribution in [0.15, 0.2) is 0 Å². The standard InChI is InChI=1S/C9H16N2O5S2/c1-18(15,16)7-5-17-3-2-11(7)9(14)6(10)4-8(12)13/h6-7H,2-5,10H2,1H3,(H,12,13). The summed E-state index contributed by atoms with van der Waals surface area (Å²) in [5.41, 5.74) is 5.48. The zero-order chi connectivity index (χ0) is 13.9. The summed E-state index contributed by atoms with van der Waals surface area (Å²) in [4.78, 5) is 23.6. The molecule has 9 heteroatoms. The SMILES string of the molecule is CS(=O)(=O)C1CSCCN1C(=O)C(N)CC(=O)O. The molecule has 1 amide bonds. The summed E-state index contributed by atoms with van der Waals surface area (Å²) in [7, 11) is -3.40. The molecule has 0 radical (unpaired) electrons. The van der Waals surface area contributed by atoms with E-state index in [0.29, 0.717) is 11.5 Å². The van der Waals surface area contributed by atoms with Gasteiger partial charge in [-0.05, 0) is 0 Å². The first-order valence-electron chi connectivity index (χ1n) is 5.28. The number of aliphatic carboxylic acids is 1. The Morgan fingerprint density at radius 2 is 2.17 bits per heavy atom. The van der Waals surface area contributed by atoms with Crippen molar-refractivity contribution in [1.29, 1.82) is 0 Å². The van der Waals surface area contributed by atoms with Gasteiger partial charge in [-0.3, -0.25) is 9.59 Å². The molecule has 3 N–H and O–H groups in total. The van der Waals surface area contributed by atoms with Gasteiger partial charge in [0.25, 0.3) is 0 Å². The topological polar surface area (TPSA) is 118 Å². The maximum atomic E-state index is 12.0. The number of carbonyl (C=O) groups is 2. The van der Waals surface area contributed by atoms with Gasteiger partial charge in [-0.15, -0.1) is 0 Å². The molecular weight excluding hydrogens is 280 g/mol. The number of rotatable bonds is 4. The Balaban J connectivity index is 2.84. The molecule has 0 aromatic carbocycles. The molecule has 7 nitrogen and oxygen atoms in total. The number of hydrogen-bond donors (Lipinski definition) is 2. The van der Waals surface area contributed by atoms with Crippen molar-refractivity contribution in [1.82, 2.24) is 4.90 Å². The molecule has 1 rings (SSSR count). The van der Waals surface area contributed by atoms with E-state index in [1.807, 2.05) is 0 Å². The van der Waals surface area contributed by atoms with Crippen molar-refractivity contribution in [3.63, 3.8) is 0 Å². The molecule has 0 bridgehead atoms. The van der Waals surface area contributed by atoms with E-state index < -0.39 is 39.6 Å². The Morgan fingerprint density at radius 3 is 2.67 bits per heavy atom. The first-order valence-corrected chi connectivity index (χ1v) is 8.39. The minimum Gasteiger partial charge on any atom is -0.481 e.